The van der Waals surface area contributed by atoms with E-state index in [1.54, 1.807) is 12.5 Å². The van der Waals surface area contributed by atoms with Gasteiger partial charge >= 0.3 is 0 Å². The van der Waals surface area contributed by atoms with Gasteiger partial charge in [0.25, 0.3) is 0 Å². The Hall–Kier alpha value is -1.02. The van der Waals surface area contributed by atoms with Crippen LogP contribution in [0.15, 0.2) is 35.2 Å². The molecule has 1 aromatic heterocycles. The van der Waals surface area contributed by atoms with Crippen molar-refractivity contribution in [3.05, 3.63) is 36.3 Å². The van der Waals surface area contributed by atoms with E-state index in [2.05, 4.69) is 24.4 Å². The van der Waals surface area contributed by atoms with Crippen molar-refractivity contribution in [2.45, 2.75) is 31.8 Å². The average molecular weight is 177 g/mol. The van der Waals surface area contributed by atoms with E-state index in [-0.39, 0.29) is 0 Å². The lowest BCUT2D eigenvalue weighted by atomic mass is 10.1. The molecule has 0 radical (unpaired) electrons. The van der Waals surface area contributed by atoms with E-state index in [0.29, 0.717) is 12.1 Å². The standard InChI is InChI=1S/C11H15NO/c1-9(10-6-7-13-8-10)12-11-4-2-3-5-11/h2,4,6-9,11-12H,3,5H2,1H3. The fourth-order valence-corrected chi connectivity index (χ4v) is 1.71. The molecule has 1 aromatic rings. The SMILES string of the molecule is CC(NC1C=CCC1)c1ccoc1. The molecule has 0 amide bonds. The number of nitrogens with one attached hydrogen (secondary N) is 1. The molecule has 2 heteroatoms. The van der Waals surface area contributed by atoms with Crippen molar-refractivity contribution in [1.82, 2.24) is 5.32 Å². The predicted molar refractivity (Wildman–Crippen MR) is 52.4 cm³/mol. The van der Waals surface area contributed by atoms with E-state index in [1.165, 1.54) is 18.4 Å². The minimum atomic E-state index is 0.381. The summed E-state index contributed by atoms with van der Waals surface area (Å²) in [5.41, 5.74) is 1.22. The van der Waals surface area contributed by atoms with Crippen LogP contribution in [-0.4, -0.2) is 6.04 Å². The first-order valence-corrected chi connectivity index (χ1v) is 4.81. The lowest BCUT2D eigenvalue weighted by molar-refractivity contribution is 0.496. The largest absolute Gasteiger partial charge is 0.472 e. The van der Waals surface area contributed by atoms with Gasteiger partial charge in [-0.1, -0.05) is 12.2 Å². The second kappa shape index (κ2) is 3.79. The molecule has 70 valence electrons. The zero-order valence-electron chi connectivity index (χ0n) is 7.86. The molecule has 0 fully saturated rings. The summed E-state index contributed by atoms with van der Waals surface area (Å²) in [7, 11) is 0. The first-order chi connectivity index (χ1) is 6.36. The average Bonchev–Trinajstić information content (AvgIpc) is 2.74. The molecule has 1 aliphatic rings. The molecule has 1 aliphatic carbocycles. The summed E-state index contributed by atoms with van der Waals surface area (Å²) in [4.78, 5) is 0. The Morgan fingerprint density at radius 3 is 3.15 bits per heavy atom. The summed E-state index contributed by atoms with van der Waals surface area (Å²) in [5, 5.41) is 3.53. The minimum absolute atomic E-state index is 0.381. The molecule has 13 heavy (non-hydrogen) atoms. The maximum Gasteiger partial charge on any atom is 0.0950 e. The van der Waals surface area contributed by atoms with E-state index < -0.39 is 0 Å². The Labute approximate surface area is 78.6 Å². The molecule has 1 heterocycles. The van der Waals surface area contributed by atoms with Gasteiger partial charge in [0.1, 0.15) is 0 Å². The Bertz CT molecular complexity index is 276. The number of allylic oxidation sites excluding steroid dienone is 1. The first kappa shape index (κ1) is 8.57. The summed E-state index contributed by atoms with van der Waals surface area (Å²) in [6.07, 6.45) is 10.4. The van der Waals surface area contributed by atoms with Crippen LogP contribution >= 0.6 is 0 Å². The van der Waals surface area contributed by atoms with Crippen LogP contribution in [0.4, 0.5) is 0 Å². The van der Waals surface area contributed by atoms with Crippen LogP contribution in [0.25, 0.3) is 0 Å². The number of rotatable bonds is 3. The first-order valence-electron chi connectivity index (χ1n) is 4.81. The number of hydrogen-bond acceptors (Lipinski definition) is 2. The van der Waals surface area contributed by atoms with Crippen LogP contribution < -0.4 is 5.32 Å². The Balaban J connectivity index is 1.91. The Morgan fingerprint density at radius 2 is 2.54 bits per heavy atom. The molecular weight excluding hydrogens is 162 g/mol. The van der Waals surface area contributed by atoms with E-state index in [4.69, 9.17) is 4.42 Å². The van der Waals surface area contributed by atoms with Crippen molar-refractivity contribution < 1.29 is 4.42 Å². The molecule has 0 aliphatic heterocycles. The van der Waals surface area contributed by atoms with Crippen molar-refractivity contribution in [2.24, 2.45) is 0 Å². The lowest BCUT2D eigenvalue weighted by Crippen LogP contribution is -2.27. The summed E-state index contributed by atoms with van der Waals surface area (Å²) < 4.78 is 5.04. The summed E-state index contributed by atoms with van der Waals surface area (Å²) in [6.45, 7) is 2.16. The van der Waals surface area contributed by atoms with Crippen molar-refractivity contribution >= 4 is 0 Å². The molecule has 2 nitrogen and oxygen atoms in total. The topological polar surface area (TPSA) is 25.2 Å². The van der Waals surface area contributed by atoms with Gasteiger partial charge in [-0.15, -0.1) is 0 Å². The van der Waals surface area contributed by atoms with Gasteiger partial charge in [0, 0.05) is 17.6 Å². The van der Waals surface area contributed by atoms with Gasteiger partial charge < -0.3 is 9.73 Å². The minimum Gasteiger partial charge on any atom is -0.472 e. The molecule has 0 saturated carbocycles. The normalized spacial score (nSPS) is 23.6. The van der Waals surface area contributed by atoms with Gasteiger partial charge in [0.05, 0.1) is 12.5 Å². The van der Waals surface area contributed by atoms with Crippen molar-refractivity contribution in [1.29, 1.82) is 0 Å². The van der Waals surface area contributed by atoms with Crippen LogP contribution in [0.5, 0.6) is 0 Å². The van der Waals surface area contributed by atoms with Crippen molar-refractivity contribution in [2.75, 3.05) is 0 Å². The highest BCUT2D eigenvalue weighted by molar-refractivity contribution is 5.12. The predicted octanol–water partition coefficient (Wildman–Crippen LogP) is 2.65. The smallest absolute Gasteiger partial charge is 0.0950 e. The molecule has 0 aromatic carbocycles. The molecule has 1 N–H and O–H groups in total. The van der Waals surface area contributed by atoms with Crippen molar-refractivity contribution in [3.8, 4) is 0 Å². The van der Waals surface area contributed by atoms with E-state index in [1.807, 2.05) is 6.07 Å². The van der Waals surface area contributed by atoms with Crippen LogP contribution in [0.1, 0.15) is 31.4 Å². The molecule has 2 atom stereocenters. The molecular formula is C11H15NO. The van der Waals surface area contributed by atoms with Crippen LogP contribution in [0.3, 0.4) is 0 Å². The quantitative estimate of drug-likeness (QED) is 0.718. The molecule has 0 spiro atoms. The highest BCUT2D eigenvalue weighted by atomic mass is 16.3. The van der Waals surface area contributed by atoms with Gasteiger partial charge in [-0.05, 0) is 25.8 Å². The zero-order chi connectivity index (χ0) is 9.10. The van der Waals surface area contributed by atoms with Crippen LogP contribution in [-0.2, 0) is 0 Å². The van der Waals surface area contributed by atoms with Crippen molar-refractivity contribution in [3.63, 3.8) is 0 Å². The van der Waals surface area contributed by atoms with Gasteiger partial charge in [-0.2, -0.15) is 0 Å². The molecule has 0 saturated heterocycles. The summed E-state index contributed by atoms with van der Waals surface area (Å²) in [6, 6.07) is 2.94. The lowest BCUT2D eigenvalue weighted by Gasteiger charge is -2.16. The maximum absolute atomic E-state index is 5.04. The summed E-state index contributed by atoms with van der Waals surface area (Å²) >= 11 is 0. The molecule has 2 unspecified atom stereocenters. The van der Waals surface area contributed by atoms with Crippen LogP contribution in [0.2, 0.25) is 0 Å². The Kier molecular flexibility index (Phi) is 2.50. The molecule has 2 rings (SSSR count). The highest BCUT2D eigenvalue weighted by Crippen LogP contribution is 2.17. The third kappa shape index (κ3) is 2.01. The second-order valence-electron chi connectivity index (χ2n) is 3.56. The maximum atomic E-state index is 5.04. The third-order valence-electron chi connectivity index (χ3n) is 2.52. The second-order valence-corrected chi connectivity index (χ2v) is 3.56. The monoisotopic (exact) mass is 177 g/mol. The fourth-order valence-electron chi connectivity index (χ4n) is 1.71. The molecule has 0 bridgehead atoms. The van der Waals surface area contributed by atoms with Gasteiger partial charge in [0.15, 0.2) is 0 Å². The fraction of sp³-hybridized carbons (Fsp3) is 0.455. The number of furan rings is 1. The summed E-state index contributed by atoms with van der Waals surface area (Å²) in [5.74, 6) is 0. The van der Waals surface area contributed by atoms with E-state index in [9.17, 15) is 0 Å². The van der Waals surface area contributed by atoms with E-state index in [0.717, 1.165) is 0 Å². The zero-order valence-corrected chi connectivity index (χ0v) is 7.86. The van der Waals surface area contributed by atoms with Crippen LogP contribution in [0, 0.1) is 0 Å². The Morgan fingerprint density at radius 1 is 1.62 bits per heavy atom. The van der Waals surface area contributed by atoms with Gasteiger partial charge in [-0.25, -0.2) is 0 Å². The number of hydrogen-bond donors (Lipinski definition) is 1. The van der Waals surface area contributed by atoms with Gasteiger partial charge in [-0.3, -0.25) is 0 Å². The third-order valence-corrected chi connectivity index (χ3v) is 2.52. The highest BCUT2D eigenvalue weighted by Gasteiger charge is 2.13. The van der Waals surface area contributed by atoms with Gasteiger partial charge in [0.2, 0.25) is 0 Å². The van der Waals surface area contributed by atoms with E-state index >= 15 is 0 Å².